The van der Waals surface area contributed by atoms with Crippen LogP contribution in [0.5, 0.6) is 0 Å². The molecule has 7 rings (SSSR count). The average Bonchev–Trinajstić information content (AvgIpc) is 3.43. The third-order valence-electron chi connectivity index (χ3n) is 8.22. The molecule has 1 aromatic carbocycles. The van der Waals surface area contributed by atoms with Crippen LogP contribution < -0.4 is 10.6 Å². The van der Waals surface area contributed by atoms with E-state index in [-0.39, 0.29) is 29.7 Å². The summed E-state index contributed by atoms with van der Waals surface area (Å²) in [6, 6.07) is 5.08. The second kappa shape index (κ2) is 8.72. The first-order chi connectivity index (χ1) is 18.7. The van der Waals surface area contributed by atoms with Crippen molar-refractivity contribution in [1.82, 2.24) is 20.1 Å². The van der Waals surface area contributed by atoms with Gasteiger partial charge in [-0.25, -0.2) is 0 Å². The number of carbonyl (C=O) groups is 2. The quantitative estimate of drug-likeness (QED) is 0.438. The van der Waals surface area contributed by atoms with Crippen molar-refractivity contribution < 1.29 is 9.59 Å². The van der Waals surface area contributed by atoms with E-state index in [4.69, 9.17) is 16.6 Å². The van der Waals surface area contributed by atoms with Crippen molar-refractivity contribution in [3.8, 4) is 5.00 Å². The largest absolute Gasteiger partial charge is 0.342 e. The predicted molar refractivity (Wildman–Crippen MR) is 152 cm³/mol. The van der Waals surface area contributed by atoms with E-state index in [0.29, 0.717) is 17.1 Å². The summed E-state index contributed by atoms with van der Waals surface area (Å²) in [5.74, 6) is 1.17. The van der Waals surface area contributed by atoms with E-state index >= 15 is 0 Å². The Morgan fingerprint density at radius 1 is 1.26 bits per heavy atom. The molecule has 2 aliphatic carbocycles. The molecular weight excluding hydrogens is 532 g/mol. The van der Waals surface area contributed by atoms with Crippen LogP contribution in [0.2, 0.25) is 0 Å². The number of anilines is 1. The van der Waals surface area contributed by atoms with Gasteiger partial charge < -0.3 is 10.6 Å². The molecule has 2 aromatic heterocycles. The number of carbonyl (C=O) groups excluding carboxylic acids is 2. The molecule has 4 heterocycles. The Morgan fingerprint density at radius 2 is 2.08 bits per heavy atom. The van der Waals surface area contributed by atoms with E-state index < -0.39 is 6.04 Å². The molecule has 1 spiro atoms. The smallest absolute Gasteiger partial charge is 0.252 e. The zero-order valence-electron chi connectivity index (χ0n) is 21.8. The normalized spacial score (nSPS) is 21.9. The average molecular weight is 559 g/mol. The van der Waals surface area contributed by atoms with Crippen LogP contribution in [-0.2, 0) is 10.3 Å². The number of rotatable bonds is 4. The third-order valence-corrected chi connectivity index (χ3v) is 9.69. The lowest BCUT2D eigenvalue weighted by atomic mass is 9.89. The van der Waals surface area contributed by atoms with Gasteiger partial charge in [-0.1, -0.05) is 29.8 Å². The molecule has 2 atom stereocenters. The Kier molecular flexibility index (Phi) is 5.48. The standard InChI is InChI=1S/C29H27ClN6O2S/c1-14-15(2)39-28-24(14)25(17-4-6-18(30)7-5-17)32-22(26-35-34-16(3)36(26)28)13-23(37)31-19-8-9-21-20(12-19)27(38)33-29(21)10-11-29/h4,6-9,12,17,22H,5,10-11,13H2,1-3H3,(H,31,37)(H,33,38)/t17?,22-/m0/s1. The lowest BCUT2D eigenvalue weighted by molar-refractivity contribution is -0.116. The van der Waals surface area contributed by atoms with Gasteiger partial charge in [0.05, 0.1) is 17.7 Å². The van der Waals surface area contributed by atoms with Gasteiger partial charge in [-0.15, -0.1) is 21.5 Å². The number of aryl methyl sites for hydroxylation is 2. The molecular formula is C29H27ClN6O2S. The number of hydrogen-bond acceptors (Lipinski definition) is 6. The Balaban J connectivity index is 1.24. The number of nitrogens with one attached hydrogen (secondary N) is 2. The number of fused-ring (bicyclic) bond motifs is 5. The maximum absolute atomic E-state index is 13.4. The zero-order valence-corrected chi connectivity index (χ0v) is 23.4. The minimum Gasteiger partial charge on any atom is -0.342 e. The fourth-order valence-corrected chi connectivity index (χ4v) is 7.29. The molecule has 0 radical (unpaired) electrons. The summed E-state index contributed by atoms with van der Waals surface area (Å²) in [7, 11) is 0. The summed E-state index contributed by atoms with van der Waals surface area (Å²) in [5, 5.41) is 16.7. The number of aliphatic imine (C=N–C) groups is 1. The minimum atomic E-state index is -0.525. The molecule has 10 heteroatoms. The van der Waals surface area contributed by atoms with Crippen LogP contribution in [0.3, 0.4) is 0 Å². The summed E-state index contributed by atoms with van der Waals surface area (Å²) < 4.78 is 2.05. The SMILES string of the molecule is Cc1sc2c(c1C)C(C1C=CC(Cl)=CC1)=N[C@@H](CC(=O)Nc1ccc3c(c1)C(=O)NC31CC1)c1nnc(C)n1-2. The summed E-state index contributed by atoms with van der Waals surface area (Å²) >= 11 is 7.94. The van der Waals surface area contributed by atoms with Crippen LogP contribution in [-0.4, -0.2) is 32.3 Å². The molecule has 0 bridgehead atoms. The van der Waals surface area contributed by atoms with Gasteiger partial charge in [0.2, 0.25) is 5.91 Å². The summed E-state index contributed by atoms with van der Waals surface area (Å²) in [4.78, 5) is 32.4. The van der Waals surface area contributed by atoms with E-state index in [1.54, 1.807) is 17.4 Å². The van der Waals surface area contributed by atoms with Crippen LogP contribution in [0.1, 0.15) is 75.3 Å². The van der Waals surface area contributed by atoms with Crippen molar-refractivity contribution in [2.45, 2.75) is 58.0 Å². The lowest BCUT2D eigenvalue weighted by Gasteiger charge is -2.19. The highest BCUT2D eigenvalue weighted by Crippen LogP contribution is 2.50. The molecule has 2 N–H and O–H groups in total. The molecule has 1 unspecified atom stereocenters. The number of allylic oxidation sites excluding steroid dienone is 4. The Hall–Kier alpha value is -3.56. The second-order valence-corrected chi connectivity index (χ2v) is 12.4. The topological polar surface area (TPSA) is 101 Å². The maximum atomic E-state index is 13.4. The van der Waals surface area contributed by atoms with Gasteiger partial charge >= 0.3 is 0 Å². The van der Waals surface area contributed by atoms with E-state index in [2.05, 4.69) is 45.3 Å². The molecule has 3 aromatic rings. The number of halogens is 1. The van der Waals surface area contributed by atoms with Gasteiger partial charge in [0.1, 0.15) is 16.9 Å². The monoisotopic (exact) mass is 558 g/mol. The third kappa shape index (κ3) is 3.90. The van der Waals surface area contributed by atoms with Crippen LogP contribution >= 0.6 is 22.9 Å². The van der Waals surface area contributed by atoms with Crippen molar-refractivity contribution >= 4 is 46.2 Å². The van der Waals surface area contributed by atoms with Crippen molar-refractivity contribution in [2.75, 3.05) is 5.32 Å². The fourth-order valence-electron chi connectivity index (χ4n) is 5.90. The molecule has 0 saturated heterocycles. The minimum absolute atomic E-state index is 0.0346. The predicted octanol–water partition coefficient (Wildman–Crippen LogP) is 5.56. The van der Waals surface area contributed by atoms with Crippen molar-refractivity contribution in [1.29, 1.82) is 0 Å². The van der Waals surface area contributed by atoms with Crippen LogP contribution in [0.25, 0.3) is 5.00 Å². The van der Waals surface area contributed by atoms with E-state index in [1.807, 2.05) is 31.2 Å². The van der Waals surface area contributed by atoms with Crippen molar-refractivity contribution in [3.63, 3.8) is 0 Å². The summed E-state index contributed by atoms with van der Waals surface area (Å²) in [5.41, 5.74) is 5.28. The van der Waals surface area contributed by atoms with E-state index in [9.17, 15) is 9.59 Å². The van der Waals surface area contributed by atoms with Crippen LogP contribution in [0.15, 0.2) is 46.5 Å². The van der Waals surface area contributed by atoms with Crippen LogP contribution in [0, 0.1) is 26.7 Å². The molecule has 2 amide bonds. The van der Waals surface area contributed by atoms with Crippen LogP contribution in [0.4, 0.5) is 5.69 Å². The molecule has 39 heavy (non-hydrogen) atoms. The molecule has 4 aliphatic rings. The number of benzene rings is 1. The lowest BCUT2D eigenvalue weighted by Crippen LogP contribution is -2.25. The highest BCUT2D eigenvalue weighted by molar-refractivity contribution is 7.15. The highest BCUT2D eigenvalue weighted by atomic mass is 35.5. The van der Waals surface area contributed by atoms with E-state index in [0.717, 1.165) is 52.0 Å². The Morgan fingerprint density at radius 3 is 2.82 bits per heavy atom. The molecule has 198 valence electrons. The second-order valence-electron chi connectivity index (χ2n) is 10.8. The highest BCUT2D eigenvalue weighted by Gasteiger charge is 2.52. The van der Waals surface area contributed by atoms with Gasteiger partial charge in [0, 0.05) is 32.6 Å². The number of aromatic nitrogens is 3. The first-order valence-corrected chi connectivity index (χ1v) is 14.3. The fraction of sp³-hybridized carbons (Fsp3) is 0.345. The maximum Gasteiger partial charge on any atom is 0.252 e. The molecule has 8 nitrogen and oxygen atoms in total. The summed E-state index contributed by atoms with van der Waals surface area (Å²) in [6.07, 6.45) is 8.77. The Labute approximate surface area is 234 Å². The summed E-state index contributed by atoms with van der Waals surface area (Å²) in [6.45, 7) is 6.17. The van der Waals surface area contributed by atoms with Gasteiger partial charge in [-0.3, -0.25) is 19.1 Å². The molecule has 2 aliphatic heterocycles. The van der Waals surface area contributed by atoms with E-state index in [1.165, 1.54) is 10.4 Å². The number of thiophene rings is 1. The Bertz CT molecular complexity index is 1670. The first kappa shape index (κ1) is 24.5. The van der Waals surface area contributed by atoms with Gasteiger partial charge in [0.15, 0.2) is 5.82 Å². The zero-order chi connectivity index (χ0) is 27.1. The van der Waals surface area contributed by atoms with Crippen molar-refractivity contribution in [3.05, 3.63) is 80.2 Å². The molecule has 1 fully saturated rings. The number of amides is 2. The first-order valence-electron chi connectivity index (χ1n) is 13.2. The van der Waals surface area contributed by atoms with Crippen molar-refractivity contribution in [2.24, 2.45) is 10.9 Å². The molecule has 1 saturated carbocycles. The van der Waals surface area contributed by atoms with Gasteiger partial charge in [-0.05, 0) is 69.4 Å². The van der Waals surface area contributed by atoms with Gasteiger partial charge in [0.25, 0.3) is 5.91 Å². The van der Waals surface area contributed by atoms with Gasteiger partial charge in [-0.2, -0.15) is 0 Å². The number of hydrogen-bond donors (Lipinski definition) is 2. The number of nitrogens with zero attached hydrogens (tertiary/aromatic N) is 4.